The van der Waals surface area contributed by atoms with Crippen LogP contribution in [-0.2, 0) is 0 Å². The number of benzene rings is 1. The first-order valence-corrected chi connectivity index (χ1v) is 4.57. The molecule has 0 aliphatic rings. The highest BCUT2D eigenvalue weighted by atomic mass is 79.9. The summed E-state index contributed by atoms with van der Waals surface area (Å²) in [5, 5.41) is 2.99. The van der Waals surface area contributed by atoms with E-state index >= 15 is 0 Å². The lowest BCUT2D eigenvalue weighted by atomic mass is 10.1. The second kappa shape index (κ2) is 5.35. The monoisotopic (exact) mass is 247 g/mol. The van der Waals surface area contributed by atoms with Gasteiger partial charge in [-0.1, -0.05) is 19.6 Å². The number of rotatable bonds is 2. The predicted octanol–water partition coefficient (Wildman–Crippen LogP) is 3.50. The van der Waals surface area contributed by atoms with Crippen molar-refractivity contribution < 1.29 is 4.39 Å². The Labute approximate surface area is 87.5 Å². The molecule has 1 atom stereocenters. The standard InChI is InChI=1S/C9H11BrFN.CH4/c1-6(12-2)7-4-3-5-8(10)9(7)11;/h3-6,12H,1-2H3;1H4/t6-;/m1./s1. The first-order chi connectivity index (χ1) is 5.66. The smallest absolute Gasteiger partial charge is 0.142 e. The van der Waals surface area contributed by atoms with E-state index in [-0.39, 0.29) is 19.3 Å². The lowest BCUT2D eigenvalue weighted by molar-refractivity contribution is 0.557. The molecule has 0 amide bonds. The summed E-state index contributed by atoms with van der Waals surface area (Å²) in [7, 11) is 1.81. The highest BCUT2D eigenvalue weighted by Gasteiger charge is 2.10. The Morgan fingerprint density at radius 1 is 1.46 bits per heavy atom. The SMILES string of the molecule is C.CN[C@H](C)c1cccc(Br)c1F. The number of hydrogen-bond donors (Lipinski definition) is 1. The zero-order valence-corrected chi connectivity index (χ0v) is 8.65. The molecular weight excluding hydrogens is 233 g/mol. The minimum Gasteiger partial charge on any atom is -0.313 e. The second-order valence-corrected chi connectivity index (χ2v) is 3.51. The molecule has 0 radical (unpaired) electrons. The van der Waals surface area contributed by atoms with Crippen LogP contribution in [0.4, 0.5) is 4.39 Å². The van der Waals surface area contributed by atoms with Crippen molar-refractivity contribution in [1.82, 2.24) is 5.32 Å². The van der Waals surface area contributed by atoms with Crippen molar-refractivity contribution in [2.75, 3.05) is 7.05 Å². The van der Waals surface area contributed by atoms with Gasteiger partial charge >= 0.3 is 0 Å². The summed E-state index contributed by atoms with van der Waals surface area (Å²) in [6.07, 6.45) is 0. The Balaban J connectivity index is 0.00000144. The number of hydrogen-bond acceptors (Lipinski definition) is 1. The van der Waals surface area contributed by atoms with Crippen LogP contribution in [0.1, 0.15) is 26.0 Å². The quantitative estimate of drug-likeness (QED) is 0.844. The molecule has 0 spiro atoms. The lowest BCUT2D eigenvalue weighted by Gasteiger charge is -2.11. The van der Waals surface area contributed by atoms with Crippen molar-refractivity contribution in [3.05, 3.63) is 34.1 Å². The van der Waals surface area contributed by atoms with Crippen LogP contribution in [0.3, 0.4) is 0 Å². The van der Waals surface area contributed by atoms with Gasteiger partial charge in [-0.05, 0) is 36.0 Å². The Morgan fingerprint density at radius 2 is 2.08 bits per heavy atom. The molecule has 0 aromatic heterocycles. The summed E-state index contributed by atoms with van der Waals surface area (Å²) < 4.78 is 13.9. The van der Waals surface area contributed by atoms with Gasteiger partial charge in [0.1, 0.15) is 5.82 Å². The van der Waals surface area contributed by atoms with Crippen molar-refractivity contribution in [2.24, 2.45) is 0 Å². The van der Waals surface area contributed by atoms with E-state index in [9.17, 15) is 4.39 Å². The third-order valence-electron chi connectivity index (χ3n) is 1.88. The first kappa shape index (κ1) is 12.6. The maximum Gasteiger partial charge on any atom is 0.142 e. The van der Waals surface area contributed by atoms with Crippen molar-refractivity contribution >= 4 is 15.9 Å². The molecule has 0 unspecified atom stereocenters. The van der Waals surface area contributed by atoms with Crippen LogP contribution in [0.25, 0.3) is 0 Å². The molecule has 1 nitrogen and oxygen atoms in total. The molecule has 0 saturated carbocycles. The van der Waals surface area contributed by atoms with Gasteiger partial charge in [0.25, 0.3) is 0 Å². The Kier molecular flexibility index (Phi) is 5.18. The third kappa shape index (κ3) is 2.78. The molecule has 0 heterocycles. The fourth-order valence-corrected chi connectivity index (χ4v) is 1.39. The van der Waals surface area contributed by atoms with E-state index in [0.29, 0.717) is 10.0 Å². The summed E-state index contributed by atoms with van der Waals surface area (Å²) >= 11 is 3.14. The molecule has 1 aromatic rings. The van der Waals surface area contributed by atoms with Crippen LogP contribution in [0, 0.1) is 5.82 Å². The average molecular weight is 248 g/mol. The number of halogens is 2. The fraction of sp³-hybridized carbons (Fsp3) is 0.400. The highest BCUT2D eigenvalue weighted by molar-refractivity contribution is 9.10. The zero-order valence-electron chi connectivity index (χ0n) is 7.07. The third-order valence-corrected chi connectivity index (χ3v) is 2.49. The second-order valence-electron chi connectivity index (χ2n) is 2.65. The Bertz CT molecular complexity index is 276. The van der Waals surface area contributed by atoms with Gasteiger partial charge in [0, 0.05) is 11.6 Å². The van der Waals surface area contributed by atoms with Crippen LogP contribution in [-0.4, -0.2) is 7.05 Å². The molecule has 0 aliphatic carbocycles. The van der Waals surface area contributed by atoms with E-state index in [1.807, 2.05) is 20.0 Å². The van der Waals surface area contributed by atoms with Gasteiger partial charge in [0.15, 0.2) is 0 Å². The van der Waals surface area contributed by atoms with Crippen LogP contribution < -0.4 is 5.32 Å². The largest absolute Gasteiger partial charge is 0.313 e. The molecule has 1 aromatic carbocycles. The van der Waals surface area contributed by atoms with E-state index in [0.717, 1.165) is 0 Å². The number of nitrogens with one attached hydrogen (secondary N) is 1. The molecule has 0 fully saturated rings. The topological polar surface area (TPSA) is 12.0 Å². The van der Waals surface area contributed by atoms with Crippen LogP contribution in [0.5, 0.6) is 0 Å². The predicted molar refractivity (Wildman–Crippen MR) is 58.3 cm³/mol. The van der Waals surface area contributed by atoms with Crippen molar-refractivity contribution in [3.63, 3.8) is 0 Å². The summed E-state index contributed by atoms with van der Waals surface area (Å²) in [4.78, 5) is 0. The molecule has 1 rings (SSSR count). The molecule has 0 bridgehead atoms. The van der Waals surface area contributed by atoms with Gasteiger partial charge in [0.05, 0.1) is 4.47 Å². The van der Waals surface area contributed by atoms with Crippen molar-refractivity contribution in [1.29, 1.82) is 0 Å². The van der Waals surface area contributed by atoms with Crippen LogP contribution in [0.2, 0.25) is 0 Å². The molecule has 1 N–H and O–H groups in total. The maximum atomic E-state index is 13.4. The van der Waals surface area contributed by atoms with Gasteiger partial charge in [-0.3, -0.25) is 0 Å². The molecule has 0 aliphatic heterocycles. The van der Waals surface area contributed by atoms with E-state index in [1.165, 1.54) is 0 Å². The van der Waals surface area contributed by atoms with Gasteiger partial charge in [0.2, 0.25) is 0 Å². The normalized spacial score (nSPS) is 12.0. The lowest BCUT2D eigenvalue weighted by Crippen LogP contribution is -2.13. The minimum absolute atomic E-state index is 0. The molecule has 13 heavy (non-hydrogen) atoms. The zero-order chi connectivity index (χ0) is 9.14. The summed E-state index contributed by atoms with van der Waals surface area (Å²) in [6.45, 7) is 1.92. The van der Waals surface area contributed by atoms with Gasteiger partial charge < -0.3 is 5.32 Å². The van der Waals surface area contributed by atoms with E-state index in [4.69, 9.17) is 0 Å². The van der Waals surface area contributed by atoms with Crippen LogP contribution >= 0.6 is 15.9 Å². The molecular formula is C10H15BrFN. The van der Waals surface area contributed by atoms with E-state index < -0.39 is 0 Å². The van der Waals surface area contributed by atoms with Gasteiger partial charge in [-0.2, -0.15) is 0 Å². The van der Waals surface area contributed by atoms with E-state index in [1.54, 1.807) is 12.1 Å². The summed E-state index contributed by atoms with van der Waals surface area (Å²) in [5.41, 5.74) is 0.687. The van der Waals surface area contributed by atoms with Gasteiger partial charge in [-0.15, -0.1) is 0 Å². The Morgan fingerprint density at radius 3 is 2.62 bits per heavy atom. The summed E-state index contributed by atoms with van der Waals surface area (Å²) in [6, 6.07) is 5.35. The maximum absolute atomic E-state index is 13.4. The average Bonchev–Trinajstić information content (AvgIpc) is 2.08. The Hall–Kier alpha value is -0.410. The highest BCUT2D eigenvalue weighted by Crippen LogP contribution is 2.22. The van der Waals surface area contributed by atoms with E-state index in [2.05, 4.69) is 21.2 Å². The van der Waals surface area contributed by atoms with Crippen LogP contribution in [0.15, 0.2) is 22.7 Å². The molecule has 3 heteroatoms. The molecule has 74 valence electrons. The first-order valence-electron chi connectivity index (χ1n) is 3.78. The van der Waals surface area contributed by atoms with Crippen molar-refractivity contribution in [3.8, 4) is 0 Å². The van der Waals surface area contributed by atoms with Gasteiger partial charge in [-0.25, -0.2) is 4.39 Å². The summed E-state index contributed by atoms with van der Waals surface area (Å²) in [5.74, 6) is -0.181. The molecule has 0 saturated heterocycles. The fourth-order valence-electron chi connectivity index (χ4n) is 1.01. The van der Waals surface area contributed by atoms with Crippen molar-refractivity contribution in [2.45, 2.75) is 20.4 Å². The minimum atomic E-state index is -0.181.